The highest BCUT2D eigenvalue weighted by Gasteiger charge is 2.39. The van der Waals surface area contributed by atoms with Crippen LogP contribution in [0.3, 0.4) is 0 Å². The maximum Gasteiger partial charge on any atom is 0.325 e. The third-order valence-corrected chi connectivity index (χ3v) is 4.84. The molecule has 1 atom stereocenters. The van der Waals surface area contributed by atoms with E-state index < -0.39 is 22.0 Å². The lowest BCUT2D eigenvalue weighted by atomic mass is 10.2. The predicted octanol–water partition coefficient (Wildman–Crippen LogP) is -0.756. The van der Waals surface area contributed by atoms with Crippen molar-refractivity contribution in [2.45, 2.75) is 24.9 Å². The number of esters is 1. The van der Waals surface area contributed by atoms with Crippen LogP contribution in [0.4, 0.5) is 0 Å². The predicted molar refractivity (Wildman–Crippen MR) is 70.5 cm³/mol. The van der Waals surface area contributed by atoms with Crippen molar-refractivity contribution in [3.63, 3.8) is 0 Å². The summed E-state index contributed by atoms with van der Waals surface area (Å²) in [5.74, 6) is -0.0362. The zero-order valence-electron chi connectivity index (χ0n) is 11.4. The zero-order valence-corrected chi connectivity index (χ0v) is 12.2. The molecule has 0 aliphatic carbocycles. The molecule has 1 aromatic rings. The molecule has 1 aliphatic rings. The number of nitrogens with zero attached hydrogens (tertiary/aromatic N) is 2. The van der Waals surface area contributed by atoms with Crippen molar-refractivity contribution in [3.8, 4) is 0 Å². The Morgan fingerprint density at radius 3 is 2.95 bits per heavy atom. The van der Waals surface area contributed by atoms with Crippen LogP contribution < -0.4 is 5.32 Å². The summed E-state index contributed by atoms with van der Waals surface area (Å²) in [6, 6.07) is -0.850. The maximum atomic E-state index is 12.5. The van der Waals surface area contributed by atoms with Crippen molar-refractivity contribution in [1.29, 1.82) is 0 Å². The number of hydrogen-bond donors (Lipinski definition) is 2. The van der Waals surface area contributed by atoms with Gasteiger partial charge in [0.2, 0.25) is 0 Å². The number of aromatic nitrogens is 2. The second kappa shape index (κ2) is 5.90. The fraction of sp³-hybridized carbons (Fsp3) is 0.636. The van der Waals surface area contributed by atoms with Crippen LogP contribution in [0.25, 0.3) is 0 Å². The molecule has 0 saturated carbocycles. The van der Waals surface area contributed by atoms with Gasteiger partial charge in [0.25, 0.3) is 10.0 Å². The molecule has 1 aliphatic heterocycles. The van der Waals surface area contributed by atoms with Crippen molar-refractivity contribution < 1.29 is 17.9 Å². The third-order valence-electron chi connectivity index (χ3n) is 3.02. The van der Waals surface area contributed by atoms with Gasteiger partial charge in [0.05, 0.1) is 12.8 Å². The molecule has 2 heterocycles. The molecule has 2 N–H and O–H groups in total. The summed E-state index contributed by atoms with van der Waals surface area (Å²) >= 11 is 0. The van der Waals surface area contributed by atoms with E-state index in [1.807, 2.05) is 0 Å². The van der Waals surface area contributed by atoms with Gasteiger partial charge in [-0.05, 0) is 13.8 Å². The number of aromatic amines is 1. The summed E-state index contributed by atoms with van der Waals surface area (Å²) in [6.45, 7) is 4.51. The van der Waals surface area contributed by atoms with Crippen LogP contribution in [-0.2, 0) is 19.6 Å². The van der Waals surface area contributed by atoms with Gasteiger partial charge in [-0.1, -0.05) is 0 Å². The lowest BCUT2D eigenvalue weighted by molar-refractivity contribution is -0.148. The highest BCUT2D eigenvalue weighted by Crippen LogP contribution is 2.18. The first-order chi connectivity index (χ1) is 9.46. The van der Waals surface area contributed by atoms with E-state index >= 15 is 0 Å². The summed E-state index contributed by atoms with van der Waals surface area (Å²) in [5.41, 5.74) is 0. The lowest BCUT2D eigenvalue weighted by Gasteiger charge is -2.32. The Bertz CT molecular complexity index is 583. The zero-order chi connectivity index (χ0) is 14.8. The van der Waals surface area contributed by atoms with Gasteiger partial charge in [0, 0.05) is 19.6 Å². The Morgan fingerprint density at radius 1 is 1.60 bits per heavy atom. The second-order valence-electron chi connectivity index (χ2n) is 4.42. The molecule has 112 valence electrons. The van der Waals surface area contributed by atoms with Gasteiger partial charge in [0.1, 0.15) is 11.9 Å². The fourth-order valence-corrected chi connectivity index (χ4v) is 3.61. The minimum Gasteiger partial charge on any atom is -0.465 e. The monoisotopic (exact) mass is 302 g/mol. The highest BCUT2D eigenvalue weighted by molar-refractivity contribution is 7.89. The van der Waals surface area contributed by atoms with Crippen molar-refractivity contribution in [2.24, 2.45) is 0 Å². The smallest absolute Gasteiger partial charge is 0.325 e. The molecule has 1 fully saturated rings. The van der Waals surface area contributed by atoms with Crippen molar-refractivity contribution in [1.82, 2.24) is 19.6 Å². The van der Waals surface area contributed by atoms with Crippen LogP contribution >= 0.6 is 0 Å². The van der Waals surface area contributed by atoms with E-state index in [1.165, 1.54) is 6.20 Å². The number of carbonyl (C=O) groups excluding carboxylic acids is 1. The molecule has 0 spiro atoms. The first-order valence-corrected chi connectivity index (χ1v) is 7.81. The Morgan fingerprint density at radius 2 is 2.35 bits per heavy atom. The molecule has 9 heteroatoms. The third kappa shape index (κ3) is 2.84. The Hall–Kier alpha value is -1.45. The number of hydrogen-bond acceptors (Lipinski definition) is 6. The van der Waals surface area contributed by atoms with Gasteiger partial charge in [-0.25, -0.2) is 13.4 Å². The van der Waals surface area contributed by atoms with Crippen molar-refractivity contribution >= 4 is 16.0 Å². The van der Waals surface area contributed by atoms with E-state index in [1.54, 1.807) is 13.8 Å². The summed E-state index contributed by atoms with van der Waals surface area (Å²) < 4.78 is 31.2. The van der Waals surface area contributed by atoms with Crippen LogP contribution in [0.2, 0.25) is 0 Å². The molecule has 2 rings (SSSR count). The minimum absolute atomic E-state index is 0.00815. The standard InChI is InChI=1S/C11H18N4O4S/c1-3-19-11(16)9-6-12-4-5-15(9)20(17,18)10-7-13-8(2)14-10/h7,9,12H,3-6H2,1-2H3,(H,13,14). The van der Waals surface area contributed by atoms with Gasteiger partial charge >= 0.3 is 5.97 Å². The molecule has 0 aromatic carbocycles. The van der Waals surface area contributed by atoms with Crippen molar-refractivity contribution in [3.05, 3.63) is 12.0 Å². The number of aryl methyl sites for hydroxylation is 1. The number of rotatable bonds is 4. The number of H-pyrrole nitrogens is 1. The van der Waals surface area contributed by atoms with Crippen LogP contribution in [0.1, 0.15) is 12.7 Å². The highest BCUT2D eigenvalue weighted by atomic mass is 32.2. The SMILES string of the molecule is CCOC(=O)C1CNCCN1S(=O)(=O)c1cnc(C)[nH]1. The number of nitrogens with one attached hydrogen (secondary N) is 2. The number of piperazine rings is 1. The van der Waals surface area contributed by atoms with E-state index in [2.05, 4.69) is 15.3 Å². The van der Waals surface area contributed by atoms with Gasteiger partial charge in [-0.15, -0.1) is 0 Å². The van der Waals surface area contributed by atoms with Gasteiger partial charge < -0.3 is 15.0 Å². The number of sulfonamides is 1. The molecular formula is C11H18N4O4S. The van der Waals surface area contributed by atoms with Gasteiger partial charge in [-0.3, -0.25) is 4.79 Å². The fourth-order valence-electron chi connectivity index (χ4n) is 2.07. The maximum absolute atomic E-state index is 12.5. The van der Waals surface area contributed by atoms with Crippen LogP contribution in [0.15, 0.2) is 11.2 Å². The Labute approximate surface area is 117 Å². The number of carbonyl (C=O) groups is 1. The summed E-state index contributed by atoms with van der Waals surface area (Å²) in [5, 5.41) is 2.99. The molecule has 1 unspecified atom stereocenters. The average Bonchev–Trinajstić information content (AvgIpc) is 2.86. The summed E-state index contributed by atoms with van der Waals surface area (Å²) in [4.78, 5) is 18.5. The molecule has 8 nitrogen and oxygen atoms in total. The molecule has 0 radical (unpaired) electrons. The molecule has 0 amide bonds. The van der Waals surface area contributed by atoms with Gasteiger partial charge in [-0.2, -0.15) is 4.31 Å². The summed E-state index contributed by atoms with van der Waals surface area (Å²) in [7, 11) is -3.78. The second-order valence-corrected chi connectivity index (χ2v) is 6.28. The van der Waals surface area contributed by atoms with E-state index in [-0.39, 0.29) is 24.7 Å². The largest absolute Gasteiger partial charge is 0.465 e. The molecular weight excluding hydrogens is 284 g/mol. The van der Waals surface area contributed by atoms with Crippen molar-refractivity contribution in [2.75, 3.05) is 26.2 Å². The quantitative estimate of drug-likeness (QED) is 0.709. The number of ether oxygens (including phenoxy) is 1. The summed E-state index contributed by atoms with van der Waals surface area (Å²) in [6.07, 6.45) is 1.26. The topological polar surface area (TPSA) is 104 Å². The molecule has 0 bridgehead atoms. The van der Waals surface area contributed by atoms with E-state index in [4.69, 9.17) is 4.74 Å². The Kier molecular flexibility index (Phi) is 4.41. The number of imidazole rings is 1. The van der Waals surface area contributed by atoms with E-state index in [0.717, 1.165) is 4.31 Å². The van der Waals surface area contributed by atoms with Crippen LogP contribution in [0.5, 0.6) is 0 Å². The lowest BCUT2D eigenvalue weighted by Crippen LogP contribution is -2.57. The van der Waals surface area contributed by atoms with Crippen LogP contribution in [-0.4, -0.2) is 60.9 Å². The van der Waals surface area contributed by atoms with Gasteiger partial charge in [0.15, 0.2) is 5.03 Å². The average molecular weight is 302 g/mol. The van der Waals surface area contributed by atoms with E-state index in [0.29, 0.717) is 12.4 Å². The first-order valence-electron chi connectivity index (χ1n) is 6.37. The Balaban J connectivity index is 2.29. The molecule has 20 heavy (non-hydrogen) atoms. The molecule has 1 saturated heterocycles. The normalized spacial score (nSPS) is 20.8. The molecule has 1 aromatic heterocycles. The first kappa shape index (κ1) is 14.9. The van der Waals surface area contributed by atoms with E-state index in [9.17, 15) is 13.2 Å². The van der Waals surface area contributed by atoms with Crippen LogP contribution in [0, 0.1) is 6.92 Å². The minimum atomic E-state index is -3.78.